The summed E-state index contributed by atoms with van der Waals surface area (Å²) in [5, 5.41) is 7.84. The van der Waals surface area contributed by atoms with E-state index in [4.69, 9.17) is 0 Å². The fourth-order valence-electron chi connectivity index (χ4n) is 6.87. The highest BCUT2D eigenvalue weighted by Crippen LogP contribution is 2.51. The van der Waals surface area contributed by atoms with Crippen LogP contribution in [0.3, 0.4) is 0 Å². The number of hydrogen-bond acceptors (Lipinski definition) is 1. The van der Waals surface area contributed by atoms with Crippen molar-refractivity contribution in [1.29, 1.82) is 0 Å². The fraction of sp³-hybridized carbons (Fsp3) is 0.105. The molecule has 0 radical (unpaired) electrons. The molecule has 0 fully saturated rings. The van der Waals surface area contributed by atoms with Crippen LogP contribution in [0, 0.1) is 6.92 Å². The third kappa shape index (κ3) is 3.14. The SMILES string of the molecule is Cc1ccc(N(c2ccc3c(c2)C(C)(C)c2ccccc2-3)c2ccc3ccc4cccc5ccc2c3c45)cc1. The largest absolute Gasteiger partial charge is 0.310 e. The standard InChI is InChI=1S/C38H29N/c1-24-11-17-28(18-12-24)39(29-19-21-31-30-9-4-5-10-33(30)38(2,3)34(31)23-29)35-22-16-27-14-13-25-7-6-8-26-15-20-32(35)37(27)36(25)26/h4-23H,1-3H3. The maximum Gasteiger partial charge on any atom is 0.0540 e. The summed E-state index contributed by atoms with van der Waals surface area (Å²) in [7, 11) is 0. The second-order valence-corrected chi connectivity index (χ2v) is 11.5. The van der Waals surface area contributed by atoms with Crippen LogP contribution >= 0.6 is 0 Å². The molecule has 39 heavy (non-hydrogen) atoms. The molecule has 0 aliphatic heterocycles. The van der Waals surface area contributed by atoms with Gasteiger partial charge in [-0.2, -0.15) is 0 Å². The molecule has 1 nitrogen and oxygen atoms in total. The van der Waals surface area contributed by atoms with Gasteiger partial charge in [-0.3, -0.25) is 0 Å². The monoisotopic (exact) mass is 499 g/mol. The fourth-order valence-corrected chi connectivity index (χ4v) is 6.87. The first kappa shape index (κ1) is 22.4. The molecule has 7 aromatic carbocycles. The summed E-state index contributed by atoms with van der Waals surface area (Å²) < 4.78 is 0. The molecule has 1 heteroatoms. The number of fused-ring (bicyclic) bond motifs is 3. The average Bonchev–Trinajstić information content (AvgIpc) is 3.20. The molecule has 0 saturated carbocycles. The summed E-state index contributed by atoms with van der Waals surface area (Å²) in [5.74, 6) is 0. The van der Waals surface area contributed by atoms with Crippen molar-refractivity contribution < 1.29 is 0 Å². The van der Waals surface area contributed by atoms with Gasteiger partial charge in [-0.1, -0.05) is 110 Å². The quantitative estimate of drug-likeness (QED) is 0.219. The maximum absolute atomic E-state index is 2.45. The molecule has 1 aliphatic carbocycles. The van der Waals surface area contributed by atoms with Gasteiger partial charge in [-0.15, -0.1) is 0 Å². The molecule has 186 valence electrons. The van der Waals surface area contributed by atoms with Crippen molar-refractivity contribution in [3.8, 4) is 11.1 Å². The molecule has 0 N–H and O–H groups in total. The first-order valence-electron chi connectivity index (χ1n) is 13.8. The van der Waals surface area contributed by atoms with Gasteiger partial charge in [-0.25, -0.2) is 0 Å². The Labute approximate surface area is 229 Å². The minimum Gasteiger partial charge on any atom is -0.310 e. The van der Waals surface area contributed by atoms with E-state index in [1.54, 1.807) is 0 Å². The lowest BCUT2D eigenvalue weighted by Crippen LogP contribution is -2.16. The van der Waals surface area contributed by atoms with Crippen LogP contribution in [0.15, 0.2) is 121 Å². The van der Waals surface area contributed by atoms with Crippen molar-refractivity contribution in [2.75, 3.05) is 4.90 Å². The van der Waals surface area contributed by atoms with Crippen LogP contribution < -0.4 is 4.90 Å². The van der Waals surface area contributed by atoms with Crippen LogP contribution in [0.1, 0.15) is 30.5 Å². The Hall–Kier alpha value is -4.62. The van der Waals surface area contributed by atoms with Crippen molar-refractivity contribution in [1.82, 2.24) is 0 Å². The first-order chi connectivity index (χ1) is 19.0. The van der Waals surface area contributed by atoms with E-state index in [0.717, 1.165) is 0 Å². The van der Waals surface area contributed by atoms with E-state index in [2.05, 4.69) is 147 Å². The summed E-state index contributed by atoms with van der Waals surface area (Å²) >= 11 is 0. The van der Waals surface area contributed by atoms with Gasteiger partial charge in [-0.05, 0) is 86.4 Å². The average molecular weight is 500 g/mol. The third-order valence-electron chi connectivity index (χ3n) is 8.86. The number of rotatable bonds is 3. The van der Waals surface area contributed by atoms with Crippen molar-refractivity contribution in [3.05, 3.63) is 138 Å². The Morgan fingerprint density at radius 1 is 0.513 bits per heavy atom. The Kier molecular flexibility index (Phi) is 4.56. The summed E-state index contributed by atoms with van der Waals surface area (Å²) in [5.41, 5.74) is 10.3. The van der Waals surface area contributed by atoms with Crippen LogP contribution in [0.2, 0.25) is 0 Å². The van der Waals surface area contributed by atoms with E-state index in [1.807, 2.05) is 0 Å². The minimum absolute atomic E-state index is 0.0520. The number of aryl methyl sites for hydroxylation is 1. The van der Waals surface area contributed by atoms with Crippen LogP contribution in [-0.4, -0.2) is 0 Å². The number of nitrogens with zero attached hydrogens (tertiary/aromatic N) is 1. The van der Waals surface area contributed by atoms with E-state index in [1.165, 1.54) is 77.2 Å². The van der Waals surface area contributed by atoms with Crippen molar-refractivity contribution in [2.45, 2.75) is 26.2 Å². The van der Waals surface area contributed by atoms with Crippen LogP contribution in [0.5, 0.6) is 0 Å². The van der Waals surface area contributed by atoms with Gasteiger partial charge >= 0.3 is 0 Å². The van der Waals surface area contributed by atoms with Crippen molar-refractivity contribution in [3.63, 3.8) is 0 Å². The molecule has 0 heterocycles. The van der Waals surface area contributed by atoms with E-state index < -0.39 is 0 Å². The van der Waals surface area contributed by atoms with Crippen molar-refractivity contribution >= 4 is 49.4 Å². The predicted molar refractivity (Wildman–Crippen MR) is 167 cm³/mol. The zero-order chi connectivity index (χ0) is 26.3. The van der Waals surface area contributed by atoms with Gasteiger partial charge in [0, 0.05) is 22.2 Å². The molecular formula is C38H29N. The van der Waals surface area contributed by atoms with Crippen molar-refractivity contribution in [2.24, 2.45) is 0 Å². The summed E-state index contributed by atoms with van der Waals surface area (Å²) in [4.78, 5) is 2.45. The number of anilines is 3. The molecule has 0 amide bonds. The lowest BCUT2D eigenvalue weighted by molar-refractivity contribution is 0.660. The summed E-state index contributed by atoms with van der Waals surface area (Å²) in [6, 6.07) is 45.2. The Morgan fingerprint density at radius 3 is 1.95 bits per heavy atom. The van der Waals surface area contributed by atoms with Crippen LogP contribution in [0.4, 0.5) is 17.1 Å². The Morgan fingerprint density at radius 2 is 1.15 bits per heavy atom. The molecule has 0 saturated heterocycles. The predicted octanol–water partition coefficient (Wildman–Crippen LogP) is 10.7. The zero-order valence-corrected chi connectivity index (χ0v) is 22.5. The van der Waals surface area contributed by atoms with Gasteiger partial charge in [0.05, 0.1) is 5.69 Å². The Balaban J connectivity index is 1.41. The van der Waals surface area contributed by atoms with E-state index in [-0.39, 0.29) is 5.41 Å². The molecule has 8 rings (SSSR count). The highest BCUT2D eigenvalue weighted by molar-refractivity contribution is 6.25. The second kappa shape index (κ2) is 7.94. The summed E-state index contributed by atoms with van der Waals surface area (Å²) in [6.07, 6.45) is 0. The molecule has 0 unspecified atom stereocenters. The topological polar surface area (TPSA) is 3.24 Å². The van der Waals surface area contributed by atoms with Gasteiger partial charge < -0.3 is 4.90 Å². The van der Waals surface area contributed by atoms with Crippen LogP contribution in [0.25, 0.3) is 43.4 Å². The molecule has 0 atom stereocenters. The number of benzene rings is 7. The van der Waals surface area contributed by atoms with Gasteiger partial charge in [0.2, 0.25) is 0 Å². The molecule has 0 bridgehead atoms. The lowest BCUT2D eigenvalue weighted by atomic mass is 9.82. The van der Waals surface area contributed by atoms with E-state index >= 15 is 0 Å². The lowest BCUT2D eigenvalue weighted by Gasteiger charge is -2.29. The Bertz CT molecular complexity index is 2030. The summed E-state index contributed by atoms with van der Waals surface area (Å²) in [6.45, 7) is 6.86. The van der Waals surface area contributed by atoms with Gasteiger partial charge in [0.15, 0.2) is 0 Å². The highest BCUT2D eigenvalue weighted by Gasteiger charge is 2.35. The molecule has 7 aromatic rings. The molecule has 0 spiro atoms. The molecular weight excluding hydrogens is 470 g/mol. The normalized spacial score (nSPS) is 13.7. The highest BCUT2D eigenvalue weighted by atomic mass is 15.1. The molecule has 1 aliphatic rings. The zero-order valence-electron chi connectivity index (χ0n) is 22.5. The first-order valence-corrected chi connectivity index (χ1v) is 13.8. The van der Waals surface area contributed by atoms with E-state index in [0.29, 0.717) is 0 Å². The molecule has 0 aromatic heterocycles. The smallest absolute Gasteiger partial charge is 0.0540 e. The minimum atomic E-state index is -0.0520. The van der Waals surface area contributed by atoms with E-state index in [9.17, 15) is 0 Å². The van der Waals surface area contributed by atoms with Gasteiger partial charge in [0.1, 0.15) is 0 Å². The maximum atomic E-state index is 2.45. The second-order valence-electron chi connectivity index (χ2n) is 11.5. The number of hydrogen-bond donors (Lipinski definition) is 0. The van der Waals surface area contributed by atoms with Crippen LogP contribution in [-0.2, 0) is 5.41 Å². The van der Waals surface area contributed by atoms with Gasteiger partial charge in [0.25, 0.3) is 0 Å². The third-order valence-corrected chi connectivity index (χ3v) is 8.86.